The molecule has 4 aromatic rings. The van der Waals surface area contributed by atoms with Gasteiger partial charge in [-0.3, -0.25) is 9.59 Å². The summed E-state index contributed by atoms with van der Waals surface area (Å²) in [5.74, 6) is 0.288. The molecule has 0 radical (unpaired) electrons. The molecule has 2 nitrogen and oxygen atoms in total. The van der Waals surface area contributed by atoms with Gasteiger partial charge < -0.3 is 0 Å². The fraction of sp³-hybridized carbons (Fsp3) is 0.118. The van der Waals surface area contributed by atoms with Crippen molar-refractivity contribution < 1.29 is 9.59 Å². The Balaban J connectivity index is 1.18. The summed E-state index contributed by atoms with van der Waals surface area (Å²) in [5, 5.41) is 0. The van der Waals surface area contributed by atoms with E-state index < -0.39 is 0 Å². The van der Waals surface area contributed by atoms with E-state index in [4.69, 9.17) is 0 Å². The molecule has 2 aliphatic carbocycles. The molecule has 0 saturated carbocycles. The van der Waals surface area contributed by atoms with Gasteiger partial charge in [-0.05, 0) is 71.2 Å². The molecule has 0 heterocycles. The van der Waals surface area contributed by atoms with Crippen molar-refractivity contribution in [3.8, 4) is 11.1 Å². The SMILES string of the molecule is O=C1C(=Cc2ccc(-c3ccc(C=C4CCc5ccccc5C4=O)cc3)cc2)CCc2ccccc21. The van der Waals surface area contributed by atoms with Gasteiger partial charge in [-0.1, -0.05) is 97.1 Å². The first kappa shape index (κ1) is 22.2. The van der Waals surface area contributed by atoms with E-state index in [-0.39, 0.29) is 11.6 Å². The van der Waals surface area contributed by atoms with Gasteiger partial charge in [0.1, 0.15) is 0 Å². The normalized spacial score (nSPS) is 17.2. The van der Waals surface area contributed by atoms with Crippen LogP contribution in [0.25, 0.3) is 23.3 Å². The Hall–Kier alpha value is -4.30. The van der Waals surface area contributed by atoms with Crippen LogP contribution in [0.3, 0.4) is 0 Å². The smallest absolute Gasteiger partial charge is 0.189 e. The van der Waals surface area contributed by atoms with Crippen LogP contribution in [0.2, 0.25) is 0 Å². The van der Waals surface area contributed by atoms with Crippen molar-refractivity contribution in [2.45, 2.75) is 25.7 Å². The Morgan fingerprint density at radius 2 is 0.833 bits per heavy atom. The van der Waals surface area contributed by atoms with Crippen molar-refractivity contribution in [1.29, 1.82) is 0 Å². The van der Waals surface area contributed by atoms with Gasteiger partial charge in [-0.25, -0.2) is 0 Å². The summed E-state index contributed by atoms with van der Waals surface area (Å²) >= 11 is 0. The molecule has 6 rings (SSSR count). The van der Waals surface area contributed by atoms with E-state index in [1.807, 2.05) is 60.7 Å². The number of carbonyl (C=O) groups excluding carboxylic acids is 2. The van der Waals surface area contributed by atoms with Crippen LogP contribution in [0.15, 0.2) is 108 Å². The summed E-state index contributed by atoms with van der Waals surface area (Å²) in [6.07, 6.45) is 7.43. The third-order valence-electron chi connectivity index (χ3n) is 7.27. The predicted octanol–water partition coefficient (Wildman–Crippen LogP) is 7.78. The van der Waals surface area contributed by atoms with Gasteiger partial charge in [-0.15, -0.1) is 0 Å². The first-order chi connectivity index (χ1) is 17.7. The summed E-state index contributed by atoms with van der Waals surface area (Å²) in [6, 6.07) is 32.5. The van der Waals surface area contributed by atoms with Crippen LogP contribution in [-0.2, 0) is 12.8 Å². The highest BCUT2D eigenvalue weighted by atomic mass is 16.1. The standard InChI is InChI=1S/C34H26O2/c35-33-29(19-17-27-5-1-3-7-31(27)33)21-23-9-13-25(14-10-23)26-15-11-24(12-16-26)22-30-20-18-28-6-2-4-8-32(28)34(30)36/h1-16,21-22H,17-20H2. The van der Waals surface area contributed by atoms with Crippen molar-refractivity contribution in [3.05, 3.63) is 142 Å². The fourth-order valence-electron chi connectivity index (χ4n) is 5.25. The fourth-order valence-corrected chi connectivity index (χ4v) is 5.25. The lowest BCUT2D eigenvalue weighted by molar-refractivity contribution is 0.101. The van der Waals surface area contributed by atoms with Gasteiger partial charge in [0.25, 0.3) is 0 Å². The van der Waals surface area contributed by atoms with E-state index in [1.54, 1.807) is 0 Å². The number of hydrogen-bond acceptors (Lipinski definition) is 2. The zero-order valence-corrected chi connectivity index (χ0v) is 20.0. The lowest BCUT2D eigenvalue weighted by Gasteiger charge is -2.17. The highest BCUT2D eigenvalue weighted by Crippen LogP contribution is 2.29. The van der Waals surface area contributed by atoms with Crippen LogP contribution in [0.4, 0.5) is 0 Å². The molecule has 0 aromatic heterocycles. The average Bonchev–Trinajstić information content (AvgIpc) is 2.93. The minimum absolute atomic E-state index is 0.144. The molecule has 0 amide bonds. The first-order valence-corrected chi connectivity index (χ1v) is 12.5. The molecule has 4 aromatic carbocycles. The number of Topliss-reactive ketones (excluding diaryl/α,β-unsaturated/α-hetero) is 2. The number of hydrogen-bond donors (Lipinski definition) is 0. The largest absolute Gasteiger partial charge is 0.289 e. The van der Waals surface area contributed by atoms with E-state index >= 15 is 0 Å². The van der Waals surface area contributed by atoms with Crippen molar-refractivity contribution >= 4 is 23.7 Å². The van der Waals surface area contributed by atoms with Gasteiger partial charge in [0.2, 0.25) is 0 Å². The van der Waals surface area contributed by atoms with Crippen LogP contribution < -0.4 is 0 Å². The van der Waals surface area contributed by atoms with Crippen molar-refractivity contribution in [2.24, 2.45) is 0 Å². The van der Waals surface area contributed by atoms with Gasteiger partial charge >= 0.3 is 0 Å². The maximum atomic E-state index is 12.9. The molecule has 0 aliphatic heterocycles. The minimum Gasteiger partial charge on any atom is -0.289 e. The summed E-state index contributed by atoms with van der Waals surface area (Å²) < 4.78 is 0. The van der Waals surface area contributed by atoms with Gasteiger partial charge in [-0.2, -0.15) is 0 Å². The monoisotopic (exact) mass is 466 g/mol. The summed E-state index contributed by atoms with van der Waals surface area (Å²) in [5.41, 5.74) is 10.0. The number of rotatable bonds is 3. The van der Waals surface area contributed by atoms with E-state index in [2.05, 4.69) is 48.5 Å². The van der Waals surface area contributed by atoms with Gasteiger partial charge in [0.15, 0.2) is 11.6 Å². The second-order valence-electron chi connectivity index (χ2n) is 9.56. The highest BCUT2D eigenvalue weighted by molar-refractivity contribution is 6.13. The summed E-state index contributed by atoms with van der Waals surface area (Å²) in [6.45, 7) is 0. The zero-order valence-electron chi connectivity index (χ0n) is 20.0. The van der Waals surface area contributed by atoms with Crippen molar-refractivity contribution in [3.63, 3.8) is 0 Å². The van der Waals surface area contributed by atoms with Crippen molar-refractivity contribution in [2.75, 3.05) is 0 Å². The molecule has 36 heavy (non-hydrogen) atoms. The molecule has 2 heteroatoms. The molecule has 0 spiro atoms. The molecule has 0 saturated heterocycles. The van der Waals surface area contributed by atoms with Gasteiger partial charge in [0, 0.05) is 22.3 Å². The predicted molar refractivity (Wildman–Crippen MR) is 146 cm³/mol. The topological polar surface area (TPSA) is 34.1 Å². The van der Waals surface area contributed by atoms with Crippen molar-refractivity contribution in [1.82, 2.24) is 0 Å². The van der Waals surface area contributed by atoms with Crippen LogP contribution in [-0.4, -0.2) is 11.6 Å². The highest BCUT2D eigenvalue weighted by Gasteiger charge is 2.22. The van der Waals surface area contributed by atoms with Gasteiger partial charge in [0.05, 0.1) is 0 Å². The maximum absolute atomic E-state index is 12.9. The third kappa shape index (κ3) is 4.27. The van der Waals surface area contributed by atoms with E-state index in [9.17, 15) is 9.59 Å². The first-order valence-electron chi connectivity index (χ1n) is 12.5. The number of fused-ring (bicyclic) bond motifs is 2. The lowest BCUT2D eigenvalue weighted by Crippen LogP contribution is -2.13. The van der Waals surface area contributed by atoms with E-state index in [1.165, 1.54) is 0 Å². The zero-order chi connectivity index (χ0) is 24.5. The number of allylic oxidation sites excluding steroid dienone is 2. The molecule has 0 N–H and O–H groups in total. The maximum Gasteiger partial charge on any atom is 0.189 e. The quantitative estimate of drug-likeness (QED) is 0.289. The van der Waals surface area contributed by atoms with E-state index in [0.29, 0.717) is 0 Å². The molecule has 174 valence electrons. The number of benzene rings is 4. The Morgan fingerprint density at radius 1 is 0.444 bits per heavy atom. The average molecular weight is 467 g/mol. The number of aryl methyl sites for hydroxylation is 2. The Kier molecular flexibility index (Phi) is 5.79. The molecular weight excluding hydrogens is 440 g/mol. The number of carbonyl (C=O) groups is 2. The second-order valence-corrected chi connectivity index (χ2v) is 9.56. The second kappa shape index (κ2) is 9.39. The molecule has 0 fully saturated rings. The minimum atomic E-state index is 0.144. The lowest BCUT2D eigenvalue weighted by atomic mass is 9.86. The van der Waals surface area contributed by atoms with E-state index in [0.717, 1.165) is 81.3 Å². The third-order valence-corrected chi connectivity index (χ3v) is 7.27. The molecule has 0 bridgehead atoms. The Morgan fingerprint density at radius 3 is 1.25 bits per heavy atom. The Labute approximate surface area is 211 Å². The molecule has 0 unspecified atom stereocenters. The Bertz CT molecular complexity index is 1410. The summed E-state index contributed by atoms with van der Waals surface area (Å²) in [4.78, 5) is 25.7. The van der Waals surface area contributed by atoms with Crippen LogP contribution in [0, 0.1) is 0 Å². The van der Waals surface area contributed by atoms with Crippen LogP contribution >= 0.6 is 0 Å². The van der Waals surface area contributed by atoms with Crippen LogP contribution in [0.5, 0.6) is 0 Å². The number of ketones is 2. The molecule has 0 atom stereocenters. The molecular formula is C34H26O2. The summed E-state index contributed by atoms with van der Waals surface area (Å²) in [7, 11) is 0. The molecule has 2 aliphatic rings. The van der Waals surface area contributed by atoms with Crippen LogP contribution in [0.1, 0.15) is 55.8 Å².